The minimum absolute atomic E-state index is 0.0572. The Morgan fingerprint density at radius 1 is 1.12 bits per heavy atom. The van der Waals surface area contributed by atoms with Crippen molar-refractivity contribution >= 4 is 11.6 Å². The maximum Gasteiger partial charge on any atom is 0.238 e. The van der Waals surface area contributed by atoms with Gasteiger partial charge in [0.15, 0.2) is 0 Å². The molecule has 4 aliphatic carbocycles. The Balaban J connectivity index is 1.32. The first-order chi connectivity index (χ1) is 11.5. The van der Waals surface area contributed by atoms with E-state index < -0.39 is 0 Å². The summed E-state index contributed by atoms with van der Waals surface area (Å²) in [6, 6.07) is 6.29. The van der Waals surface area contributed by atoms with Gasteiger partial charge < -0.3 is 10.6 Å². The smallest absolute Gasteiger partial charge is 0.238 e. The molecule has 2 N–H and O–H groups in total. The fourth-order valence-corrected chi connectivity index (χ4v) is 5.91. The average Bonchev–Trinajstić information content (AvgIpc) is 2.53. The number of hydrogen-bond acceptors (Lipinski definition) is 2. The van der Waals surface area contributed by atoms with Gasteiger partial charge in [-0.2, -0.15) is 0 Å². The van der Waals surface area contributed by atoms with Gasteiger partial charge >= 0.3 is 0 Å². The number of carbonyl (C=O) groups excluding carboxylic acids is 1. The van der Waals surface area contributed by atoms with Crippen LogP contribution >= 0.6 is 0 Å². The molecule has 4 aliphatic rings. The Morgan fingerprint density at radius 3 is 2.21 bits per heavy atom. The Bertz CT molecular complexity index is 577. The van der Waals surface area contributed by atoms with Gasteiger partial charge in [0.25, 0.3) is 0 Å². The van der Waals surface area contributed by atoms with Crippen LogP contribution in [0, 0.1) is 29.0 Å². The molecular formula is C20H27FN2O. The van der Waals surface area contributed by atoms with E-state index in [-0.39, 0.29) is 11.7 Å². The standard InChI is InChI=1S/C20H27FN2O/c1-13(20-9-14-6-15(10-20)8-16(7-14)11-20)22-12-19(24)23-18-4-2-17(21)3-5-18/h2-5,13-16,22H,6-12H2,1H3,(H,23,24). The molecule has 1 aromatic carbocycles. The highest BCUT2D eigenvalue weighted by Gasteiger charge is 2.52. The van der Waals surface area contributed by atoms with E-state index in [1.807, 2.05) is 0 Å². The van der Waals surface area contributed by atoms with Crippen LogP contribution in [0.1, 0.15) is 45.4 Å². The monoisotopic (exact) mass is 330 g/mol. The third-order valence-electron chi connectivity index (χ3n) is 6.70. The lowest BCUT2D eigenvalue weighted by Crippen LogP contribution is -2.55. The second-order valence-corrected chi connectivity index (χ2v) is 8.44. The van der Waals surface area contributed by atoms with Crippen LogP contribution in [0.5, 0.6) is 0 Å². The van der Waals surface area contributed by atoms with Gasteiger partial charge in [0, 0.05) is 11.7 Å². The molecule has 3 nitrogen and oxygen atoms in total. The molecule has 1 aromatic rings. The van der Waals surface area contributed by atoms with Crippen molar-refractivity contribution in [1.82, 2.24) is 5.32 Å². The van der Waals surface area contributed by atoms with Crippen LogP contribution in [0.4, 0.5) is 10.1 Å². The van der Waals surface area contributed by atoms with Gasteiger partial charge in [0.2, 0.25) is 5.91 Å². The molecule has 4 saturated carbocycles. The third-order valence-corrected chi connectivity index (χ3v) is 6.70. The number of halogens is 1. The number of nitrogens with one attached hydrogen (secondary N) is 2. The predicted molar refractivity (Wildman–Crippen MR) is 93.1 cm³/mol. The highest BCUT2D eigenvalue weighted by atomic mass is 19.1. The van der Waals surface area contributed by atoms with Crippen molar-refractivity contribution in [2.45, 2.75) is 51.5 Å². The maximum absolute atomic E-state index is 12.9. The molecular weight excluding hydrogens is 303 g/mol. The summed E-state index contributed by atoms with van der Waals surface area (Å²) in [6.45, 7) is 2.58. The van der Waals surface area contributed by atoms with E-state index in [4.69, 9.17) is 0 Å². The van der Waals surface area contributed by atoms with Gasteiger partial charge in [0.05, 0.1) is 6.54 Å². The number of anilines is 1. The molecule has 0 aromatic heterocycles. The number of amides is 1. The number of rotatable bonds is 5. The van der Waals surface area contributed by atoms with E-state index in [0.717, 1.165) is 17.8 Å². The zero-order valence-electron chi connectivity index (χ0n) is 14.4. The van der Waals surface area contributed by atoms with Crippen LogP contribution in [0.2, 0.25) is 0 Å². The molecule has 1 unspecified atom stereocenters. The number of hydrogen-bond donors (Lipinski definition) is 2. The first-order valence-electron chi connectivity index (χ1n) is 9.31. The minimum Gasteiger partial charge on any atom is -0.325 e. The van der Waals surface area contributed by atoms with Crippen molar-refractivity contribution in [3.63, 3.8) is 0 Å². The summed E-state index contributed by atoms with van der Waals surface area (Å²) in [7, 11) is 0. The summed E-state index contributed by atoms with van der Waals surface area (Å²) >= 11 is 0. The zero-order valence-corrected chi connectivity index (χ0v) is 14.4. The molecule has 130 valence electrons. The molecule has 4 fully saturated rings. The van der Waals surface area contributed by atoms with Crippen molar-refractivity contribution in [2.75, 3.05) is 11.9 Å². The maximum atomic E-state index is 12.9. The summed E-state index contributed by atoms with van der Waals surface area (Å²) in [6.07, 6.45) is 8.34. The van der Waals surface area contributed by atoms with Gasteiger partial charge in [-0.05, 0) is 92.9 Å². The average molecular weight is 330 g/mol. The van der Waals surface area contributed by atoms with Crippen LogP contribution in [-0.4, -0.2) is 18.5 Å². The van der Waals surface area contributed by atoms with Crippen LogP contribution in [-0.2, 0) is 4.79 Å². The predicted octanol–water partition coefficient (Wildman–Crippen LogP) is 3.96. The largest absolute Gasteiger partial charge is 0.325 e. The van der Waals surface area contributed by atoms with E-state index >= 15 is 0 Å². The lowest BCUT2D eigenvalue weighted by atomic mass is 9.48. The number of benzene rings is 1. The molecule has 0 aliphatic heterocycles. The van der Waals surface area contributed by atoms with Crippen LogP contribution in [0.3, 0.4) is 0 Å². The van der Waals surface area contributed by atoms with E-state index in [0.29, 0.717) is 23.7 Å². The van der Waals surface area contributed by atoms with Gasteiger partial charge in [-0.1, -0.05) is 0 Å². The van der Waals surface area contributed by atoms with E-state index in [1.165, 1.54) is 50.7 Å². The van der Waals surface area contributed by atoms with Crippen molar-refractivity contribution in [2.24, 2.45) is 23.2 Å². The molecule has 0 saturated heterocycles. The van der Waals surface area contributed by atoms with Crippen molar-refractivity contribution in [3.8, 4) is 0 Å². The third kappa shape index (κ3) is 3.08. The van der Waals surface area contributed by atoms with Gasteiger partial charge in [-0.25, -0.2) is 4.39 Å². The summed E-state index contributed by atoms with van der Waals surface area (Å²) in [5, 5.41) is 6.32. The Kier molecular flexibility index (Phi) is 4.11. The molecule has 4 heteroatoms. The van der Waals surface area contributed by atoms with Crippen LogP contribution in [0.15, 0.2) is 24.3 Å². The Labute approximate surface area is 143 Å². The summed E-state index contributed by atoms with van der Waals surface area (Å²) in [5.74, 6) is 2.43. The molecule has 0 radical (unpaired) electrons. The van der Waals surface area contributed by atoms with Gasteiger partial charge in [-0.15, -0.1) is 0 Å². The lowest BCUT2D eigenvalue weighted by Gasteiger charge is -2.59. The first kappa shape index (κ1) is 16.1. The Morgan fingerprint density at radius 2 is 1.67 bits per heavy atom. The quantitative estimate of drug-likeness (QED) is 0.858. The lowest BCUT2D eigenvalue weighted by molar-refractivity contribution is -0.116. The zero-order chi connectivity index (χ0) is 16.7. The van der Waals surface area contributed by atoms with E-state index in [2.05, 4.69) is 17.6 Å². The van der Waals surface area contributed by atoms with Crippen LogP contribution in [0.25, 0.3) is 0 Å². The van der Waals surface area contributed by atoms with Crippen LogP contribution < -0.4 is 10.6 Å². The second-order valence-electron chi connectivity index (χ2n) is 8.44. The fraction of sp³-hybridized carbons (Fsp3) is 0.650. The van der Waals surface area contributed by atoms with Crippen molar-refractivity contribution < 1.29 is 9.18 Å². The Hall–Kier alpha value is -1.42. The van der Waals surface area contributed by atoms with E-state index in [9.17, 15) is 9.18 Å². The highest BCUT2D eigenvalue weighted by molar-refractivity contribution is 5.92. The first-order valence-corrected chi connectivity index (χ1v) is 9.31. The molecule has 24 heavy (non-hydrogen) atoms. The van der Waals surface area contributed by atoms with Crippen molar-refractivity contribution in [3.05, 3.63) is 30.1 Å². The fourth-order valence-electron chi connectivity index (χ4n) is 5.91. The summed E-state index contributed by atoms with van der Waals surface area (Å²) in [5.41, 5.74) is 1.05. The molecule has 4 bridgehead atoms. The molecule has 5 rings (SSSR count). The topological polar surface area (TPSA) is 41.1 Å². The molecule has 0 heterocycles. The number of carbonyl (C=O) groups is 1. The van der Waals surface area contributed by atoms with Gasteiger partial charge in [-0.3, -0.25) is 4.79 Å². The summed E-state index contributed by atoms with van der Waals surface area (Å²) in [4.78, 5) is 12.2. The highest BCUT2D eigenvalue weighted by Crippen LogP contribution is 2.61. The molecule has 1 atom stereocenters. The minimum atomic E-state index is -0.290. The van der Waals surface area contributed by atoms with Gasteiger partial charge in [0.1, 0.15) is 5.82 Å². The van der Waals surface area contributed by atoms with Crippen molar-refractivity contribution in [1.29, 1.82) is 0 Å². The SMILES string of the molecule is CC(NCC(=O)Nc1ccc(F)cc1)C12CC3CC(CC(C3)C1)C2. The second kappa shape index (κ2) is 6.14. The molecule has 0 spiro atoms. The molecule has 1 amide bonds. The summed E-state index contributed by atoms with van der Waals surface area (Å²) < 4.78 is 12.9. The normalized spacial score (nSPS) is 35.0. The van der Waals surface area contributed by atoms with E-state index in [1.54, 1.807) is 12.1 Å².